The van der Waals surface area contributed by atoms with Crippen LogP contribution in [0.4, 0.5) is 23.0 Å². The van der Waals surface area contributed by atoms with Crippen LogP contribution in [-0.2, 0) is 6.54 Å². The van der Waals surface area contributed by atoms with E-state index in [-0.39, 0.29) is 17.3 Å². The summed E-state index contributed by atoms with van der Waals surface area (Å²) in [7, 11) is 0. The largest absolute Gasteiger partial charge is 0.364 e. The molecule has 2 heterocycles. The first-order chi connectivity index (χ1) is 13.0. The zero-order valence-electron chi connectivity index (χ0n) is 15.2. The minimum absolute atomic E-state index is 0.164. The molecule has 1 aromatic carbocycles. The maximum atomic E-state index is 11.6. The van der Waals surface area contributed by atoms with Gasteiger partial charge in [0.05, 0.1) is 11.3 Å². The van der Waals surface area contributed by atoms with E-state index in [0.717, 1.165) is 29.8 Å². The molecule has 3 rings (SSSR count). The molecular weight excluding hydrogens is 346 g/mol. The van der Waals surface area contributed by atoms with E-state index in [1.807, 2.05) is 42.8 Å². The van der Waals surface area contributed by atoms with Gasteiger partial charge in [-0.3, -0.25) is 10.1 Å². The Kier molecular flexibility index (Phi) is 5.60. The van der Waals surface area contributed by atoms with Gasteiger partial charge in [0.2, 0.25) is 11.6 Å². The van der Waals surface area contributed by atoms with Gasteiger partial charge in [0.25, 0.3) is 0 Å². The number of nitrogens with zero attached hydrogens (tertiary/aromatic N) is 5. The molecule has 3 aromatic rings. The normalized spacial score (nSPS) is 10.6. The molecule has 9 heteroatoms. The van der Waals surface area contributed by atoms with Crippen LogP contribution in [0.2, 0.25) is 0 Å². The second kappa shape index (κ2) is 8.26. The molecule has 27 heavy (non-hydrogen) atoms. The van der Waals surface area contributed by atoms with Crippen LogP contribution in [-0.4, -0.2) is 31.0 Å². The van der Waals surface area contributed by atoms with Crippen LogP contribution in [0.1, 0.15) is 17.5 Å². The van der Waals surface area contributed by atoms with Gasteiger partial charge < -0.3 is 15.2 Å². The zero-order chi connectivity index (χ0) is 19.2. The molecule has 0 unspecified atom stereocenters. The molecule has 140 valence electrons. The van der Waals surface area contributed by atoms with Gasteiger partial charge in [0.1, 0.15) is 6.33 Å². The molecule has 0 aliphatic rings. The Hall–Kier alpha value is -3.49. The summed E-state index contributed by atoms with van der Waals surface area (Å²) in [5, 5.41) is 17.7. The number of nitro groups is 1. The minimum atomic E-state index is -0.469. The molecule has 0 aliphatic carbocycles. The quantitative estimate of drug-likeness (QED) is 0.356. The lowest BCUT2D eigenvalue weighted by Gasteiger charge is -2.11. The molecule has 0 aliphatic heterocycles. The summed E-state index contributed by atoms with van der Waals surface area (Å²) < 4.78 is 1.95. The van der Waals surface area contributed by atoms with E-state index in [0.29, 0.717) is 6.54 Å². The molecule has 0 fully saturated rings. The molecule has 0 saturated heterocycles. The van der Waals surface area contributed by atoms with Crippen molar-refractivity contribution >= 4 is 23.0 Å². The molecule has 2 N–H and O–H groups in total. The fourth-order valence-corrected chi connectivity index (χ4v) is 2.84. The topological polar surface area (TPSA) is 111 Å². The second-order valence-corrected chi connectivity index (χ2v) is 6.26. The number of hydrogen-bond acceptors (Lipinski definition) is 7. The zero-order valence-corrected chi connectivity index (χ0v) is 15.2. The third-order valence-electron chi connectivity index (χ3n) is 3.93. The summed E-state index contributed by atoms with van der Waals surface area (Å²) in [6.07, 6.45) is 7.42. The number of hydrogen-bond donors (Lipinski definition) is 2. The first-order valence-electron chi connectivity index (χ1n) is 8.57. The first-order valence-corrected chi connectivity index (χ1v) is 8.57. The van der Waals surface area contributed by atoms with Crippen LogP contribution in [0.15, 0.2) is 43.2 Å². The van der Waals surface area contributed by atoms with E-state index in [1.165, 1.54) is 6.33 Å². The second-order valence-electron chi connectivity index (χ2n) is 6.26. The molecule has 9 nitrogen and oxygen atoms in total. The fourth-order valence-electron chi connectivity index (χ4n) is 2.84. The first kappa shape index (κ1) is 18.3. The van der Waals surface area contributed by atoms with Gasteiger partial charge in [-0.2, -0.15) is 0 Å². The fraction of sp³-hybridized carbons (Fsp3) is 0.278. The SMILES string of the molecule is Cc1cc(C)cc(Nc2ncnc(NCCCn3ccnc3)c2[N+](=O)[O-])c1. The predicted molar refractivity (Wildman–Crippen MR) is 103 cm³/mol. The summed E-state index contributed by atoms with van der Waals surface area (Å²) in [6.45, 7) is 5.25. The summed E-state index contributed by atoms with van der Waals surface area (Å²) in [5.74, 6) is 0.365. The summed E-state index contributed by atoms with van der Waals surface area (Å²) in [6, 6.07) is 5.86. The Bertz CT molecular complexity index is 905. The monoisotopic (exact) mass is 367 g/mol. The average Bonchev–Trinajstić information content (AvgIpc) is 3.11. The predicted octanol–water partition coefficient (Wildman–Crippen LogP) is 3.44. The molecule has 0 bridgehead atoms. The standard InChI is InChI=1S/C18H21N7O2/c1-13-8-14(2)10-15(9-13)23-18-16(25(26)27)17(21-11-22-18)20-4-3-6-24-7-5-19-12-24/h5,7-12H,3-4,6H2,1-2H3,(H2,20,21,22,23). The van der Waals surface area contributed by atoms with Gasteiger partial charge in [-0.05, 0) is 43.5 Å². The Labute approximate surface area is 156 Å². The Morgan fingerprint density at radius 1 is 1.15 bits per heavy atom. The highest BCUT2D eigenvalue weighted by Gasteiger charge is 2.23. The van der Waals surface area contributed by atoms with Crippen LogP contribution in [0.5, 0.6) is 0 Å². The highest BCUT2D eigenvalue weighted by Crippen LogP contribution is 2.31. The van der Waals surface area contributed by atoms with Crippen molar-refractivity contribution in [2.75, 3.05) is 17.2 Å². The lowest BCUT2D eigenvalue weighted by atomic mass is 10.1. The number of aryl methyl sites for hydroxylation is 3. The summed E-state index contributed by atoms with van der Waals surface area (Å²) in [5.41, 5.74) is 2.71. The highest BCUT2D eigenvalue weighted by molar-refractivity contribution is 5.74. The smallest absolute Gasteiger partial charge is 0.353 e. The van der Waals surface area contributed by atoms with Crippen molar-refractivity contribution in [2.45, 2.75) is 26.8 Å². The molecule has 0 atom stereocenters. The maximum absolute atomic E-state index is 11.6. The molecule has 0 spiro atoms. The van der Waals surface area contributed by atoms with Crippen LogP contribution in [0, 0.1) is 24.0 Å². The van der Waals surface area contributed by atoms with E-state index >= 15 is 0 Å². The van der Waals surface area contributed by atoms with Crippen molar-refractivity contribution in [1.29, 1.82) is 0 Å². The maximum Gasteiger partial charge on any atom is 0.353 e. The van der Waals surface area contributed by atoms with Crippen molar-refractivity contribution < 1.29 is 4.92 Å². The van der Waals surface area contributed by atoms with Crippen LogP contribution in [0.3, 0.4) is 0 Å². The third kappa shape index (κ3) is 4.78. The molecular formula is C18H21N7O2. The Morgan fingerprint density at radius 3 is 2.56 bits per heavy atom. The van der Waals surface area contributed by atoms with Crippen molar-refractivity contribution in [2.24, 2.45) is 0 Å². The summed E-state index contributed by atoms with van der Waals surface area (Å²) in [4.78, 5) is 23.3. The van der Waals surface area contributed by atoms with E-state index < -0.39 is 4.92 Å². The van der Waals surface area contributed by atoms with Crippen LogP contribution < -0.4 is 10.6 Å². The molecule has 0 saturated carbocycles. The lowest BCUT2D eigenvalue weighted by Crippen LogP contribution is -2.11. The van der Waals surface area contributed by atoms with Crippen molar-refractivity contribution in [1.82, 2.24) is 19.5 Å². The van der Waals surface area contributed by atoms with Gasteiger partial charge in [-0.15, -0.1) is 0 Å². The van der Waals surface area contributed by atoms with Gasteiger partial charge in [-0.25, -0.2) is 15.0 Å². The van der Waals surface area contributed by atoms with Crippen LogP contribution >= 0.6 is 0 Å². The van der Waals surface area contributed by atoms with Gasteiger partial charge in [-0.1, -0.05) is 6.07 Å². The van der Waals surface area contributed by atoms with Gasteiger partial charge in [0.15, 0.2) is 0 Å². The van der Waals surface area contributed by atoms with E-state index in [2.05, 4.69) is 25.6 Å². The highest BCUT2D eigenvalue weighted by atomic mass is 16.6. The van der Waals surface area contributed by atoms with Crippen LogP contribution in [0.25, 0.3) is 0 Å². The number of imidazole rings is 1. The average molecular weight is 367 g/mol. The van der Waals surface area contributed by atoms with Gasteiger partial charge >= 0.3 is 5.69 Å². The molecule has 0 amide bonds. The van der Waals surface area contributed by atoms with Crippen molar-refractivity contribution in [3.63, 3.8) is 0 Å². The van der Waals surface area contributed by atoms with E-state index in [4.69, 9.17) is 0 Å². The van der Waals surface area contributed by atoms with E-state index in [1.54, 1.807) is 12.5 Å². The number of benzene rings is 1. The minimum Gasteiger partial charge on any atom is -0.364 e. The molecule has 0 radical (unpaired) electrons. The number of aromatic nitrogens is 4. The lowest BCUT2D eigenvalue weighted by molar-refractivity contribution is -0.383. The third-order valence-corrected chi connectivity index (χ3v) is 3.93. The number of nitrogens with one attached hydrogen (secondary N) is 2. The van der Waals surface area contributed by atoms with E-state index in [9.17, 15) is 10.1 Å². The number of anilines is 3. The number of rotatable bonds is 8. The molecule has 2 aromatic heterocycles. The summed E-state index contributed by atoms with van der Waals surface area (Å²) >= 11 is 0. The van der Waals surface area contributed by atoms with Crippen molar-refractivity contribution in [3.05, 3.63) is 64.5 Å². The van der Waals surface area contributed by atoms with Gasteiger partial charge in [0, 0.05) is 31.2 Å². The Morgan fingerprint density at radius 2 is 1.89 bits per heavy atom. The Balaban J connectivity index is 1.74. The van der Waals surface area contributed by atoms with Crippen molar-refractivity contribution in [3.8, 4) is 0 Å².